The molecule has 2 aromatic carbocycles. The first-order valence-electron chi connectivity index (χ1n) is 6.63. The first-order chi connectivity index (χ1) is 10.6. The zero-order chi connectivity index (χ0) is 15.7. The van der Waals surface area contributed by atoms with Gasteiger partial charge in [0.2, 0.25) is 5.78 Å². The van der Waals surface area contributed by atoms with Gasteiger partial charge in [-0.1, -0.05) is 35.7 Å². The Labute approximate surface area is 132 Å². The van der Waals surface area contributed by atoms with Gasteiger partial charge in [0.15, 0.2) is 0 Å². The van der Waals surface area contributed by atoms with Crippen molar-refractivity contribution in [2.75, 3.05) is 0 Å². The predicted octanol–water partition coefficient (Wildman–Crippen LogP) is 4.21. The van der Waals surface area contributed by atoms with Crippen LogP contribution < -0.4 is 0 Å². The summed E-state index contributed by atoms with van der Waals surface area (Å²) in [5, 5.41) is 1.13. The highest BCUT2D eigenvalue weighted by molar-refractivity contribution is 6.37. The molecular formula is C18H11ClFNO. The number of aromatic nitrogens is 1. The van der Waals surface area contributed by atoms with Gasteiger partial charge in [-0.25, -0.2) is 4.39 Å². The number of rotatable bonds is 1. The summed E-state index contributed by atoms with van der Waals surface area (Å²) in [6.45, 7) is 0. The first-order valence-corrected chi connectivity index (χ1v) is 7.00. The molecule has 0 fully saturated rings. The number of aryl methyl sites for hydroxylation is 1. The van der Waals surface area contributed by atoms with Crippen molar-refractivity contribution in [3.05, 3.63) is 70.6 Å². The maximum atomic E-state index is 12.8. The van der Waals surface area contributed by atoms with Gasteiger partial charge in [0.05, 0.1) is 5.56 Å². The molecule has 0 atom stereocenters. The third-order valence-electron chi connectivity index (χ3n) is 3.43. The smallest absolute Gasteiger partial charge is 0.239 e. The molecule has 0 bridgehead atoms. The number of hydrogen-bond donors (Lipinski definition) is 0. The molecule has 0 N–H and O–H groups in total. The average molecular weight is 312 g/mol. The van der Waals surface area contributed by atoms with Crippen molar-refractivity contribution in [2.45, 2.75) is 0 Å². The quantitative estimate of drug-likeness (QED) is 0.487. The minimum absolute atomic E-state index is 0.339. The lowest BCUT2D eigenvalue weighted by atomic mass is 10.1. The number of Topliss-reactive ketones (excluding diaryl/α,β-unsaturated/α-hetero) is 1. The topological polar surface area (TPSA) is 22.0 Å². The van der Waals surface area contributed by atoms with Gasteiger partial charge in [0.25, 0.3) is 0 Å². The molecule has 1 aromatic heterocycles. The highest BCUT2D eigenvalue weighted by Gasteiger charge is 2.18. The van der Waals surface area contributed by atoms with E-state index in [1.165, 1.54) is 24.3 Å². The number of carbonyl (C=O) groups is 1. The summed E-state index contributed by atoms with van der Waals surface area (Å²) in [7, 11) is 1.80. The van der Waals surface area contributed by atoms with Gasteiger partial charge < -0.3 is 4.57 Å². The van der Waals surface area contributed by atoms with Gasteiger partial charge in [-0.3, -0.25) is 4.79 Å². The molecule has 108 valence electrons. The molecule has 0 radical (unpaired) electrons. The van der Waals surface area contributed by atoms with E-state index < -0.39 is 0 Å². The Balaban J connectivity index is 2.04. The van der Waals surface area contributed by atoms with Crippen molar-refractivity contribution in [3.8, 4) is 11.8 Å². The van der Waals surface area contributed by atoms with Gasteiger partial charge >= 0.3 is 0 Å². The summed E-state index contributed by atoms with van der Waals surface area (Å²) in [6.07, 6.45) is 0. The molecule has 0 aliphatic heterocycles. The fraction of sp³-hybridized carbons (Fsp3) is 0.0556. The Bertz CT molecular complexity index is 929. The molecule has 0 saturated carbocycles. The van der Waals surface area contributed by atoms with Gasteiger partial charge in [-0.15, -0.1) is 0 Å². The fourth-order valence-electron chi connectivity index (χ4n) is 2.30. The SMILES string of the molecule is Cn1c(Cl)c(C(=O)C#Cc2ccc(F)cc2)c2ccccc21. The number of ketones is 1. The van der Waals surface area contributed by atoms with E-state index in [4.69, 9.17) is 11.6 Å². The van der Waals surface area contributed by atoms with Gasteiger partial charge in [0, 0.05) is 23.5 Å². The molecule has 0 unspecified atom stereocenters. The Morgan fingerprint density at radius 2 is 1.82 bits per heavy atom. The van der Waals surface area contributed by atoms with Crippen LogP contribution in [0.2, 0.25) is 5.15 Å². The molecular weight excluding hydrogens is 301 g/mol. The number of benzene rings is 2. The molecule has 2 nitrogen and oxygen atoms in total. The zero-order valence-electron chi connectivity index (χ0n) is 11.7. The number of nitrogens with zero attached hydrogens (tertiary/aromatic N) is 1. The van der Waals surface area contributed by atoms with Crippen LogP contribution in [-0.2, 0) is 7.05 Å². The lowest BCUT2D eigenvalue weighted by Crippen LogP contribution is -1.96. The molecule has 3 aromatic rings. The normalized spacial score (nSPS) is 10.3. The van der Waals surface area contributed by atoms with Crippen molar-refractivity contribution in [1.82, 2.24) is 4.57 Å². The van der Waals surface area contributed by atoms with Crippen LogP contribution in [0.3, 0.4) is 0 Å². The lowest BCUT2D eigenvalue weighted by molar-refractivity contribution is 0.105. The minimum Gasteiger partial charge on any atom is -0.334 e. The van der Waals surface area contributed by atoms with Crippen molar-refractivity contribution >= 4 is 28.3 Å². The maximum Gasteiger partial charge on any atom is 0.239 e. The van der Waals surface area contributed by atoms with Gasteiger partial charge in [-0.2, -0.15) is 0 Å². The molecule has 0 aliphatic carbocycles. The fourth-order valence-corrected chi connectivity index (χ4v) is 2.58. The summed E-state index contributed by atoms with van der Waals surface area (Å²) < 4.78 is 14.6. The average Bonchev–Trinajstić information content (AvgIpc) is 2.79. The van der Waals surface area contributed by atoms with E-state index in [0.29, 0.717) is 16.3 Å². The largest absolute Gasteiger partial charge is 0.334 e. The van der Waals surface area contributed by atoms with E-state index in [0.717, 1.165) is 10.9 Å². The van der Waals surface area contributed by atoms with Crippen LogP contribution in [0.4, 0.5) is 4.39 Å². The third kappa shape index (κ3) is 2.49. The second kappa shape index (κ2) is 5.67. The second-order valence-electron chi connectivity index (χ2n) is 4.83. The van der Waals surface area contributed by atoms with Crippen LogP contribution in [0.15, 0.2) is 48.5 Å². The molecule has 4 heteroatoms. The molecule has 3 rings (SSSR count). The van der Waals surface area contributed by atoms with Crippen molar-refractivity contribution in [3.63, 3.8) is 0 Å². The summed E-state index contributed by atoms with van der Waals surface area (Å²) in [5.41, 5.74) is 1.85. The van der Waals surface area contributed by atoms with E-state index >= 15 is 0 Å². The van der Waals surface area contributed by atoms with E-state index in [-0.39, 0.29) is 11.6 Å². The van der Waals surface area contributed by atoms with Crippen molar-refractivity contribution in [1.29, 1.82) is 0 Å². The standard InChI is InChI=1S/C18H11ClFNO/c1-21-15-5-3-2-4-14(15)17(18(21)19)16(22)11-8-12-6-9-13(20)10-7-12/h2-7,9-10H,1H3. The van der Waals surface area contributed by atoms with Crippen molar-refractivity contribution < 1.29 is 9.18 Å². The maximum absolute atomic E-state index is 12.8. The molecule has 0 aliphatic rings. The molecule has 0 spiro atoms. The molecule has 0 amide bonds. The lowest BCUT2D eigenvalue weighted by Gasteiger charge is -1.95. The number of carbonyl (C=O) groups excluding carboxylic acids is 1. The monoisotopic (exact) mass is 311 g/mol. The number of halogens is 2. The Hall–Kier alpha value is -2.57. The number of fused-ring (bicyclic) bond motifs is 1. The summed E-state index contributed by atoms with van der Waals surface area (Å²) >= 11 is 6.26. The summed E-state index contributed by atoms with van der Waals surface area (Å²) in [4.78, 5) is 12.4. The first kappa shape index (κ1) is 14.4. The van der Waals surface area contributed by atoms with E-state index in [9.17, 15) is 9.18 Å². The Kier molecular flexibility index (Phi) is 3.70. The van der Waals surface area contributed by atoms with Gasteiger partial charge in [0.1, 0.15) is 11.0 Å². The zero-order valence-corrected chi connectivity index (χ0v) is 12.5. The second-order valence-corrected chi connectivity index (χ2v) is 5.19. The van der Waals surface area contributed by atoms with Crippen LogP contribution in [0.5, 0.6) is 0 Å². The van der Waals surface area contributed by atoms with E-state index in [1.54, 1.807) is 11.6 Å². The summed E-state index contributed by atoms with van der Waals surface area (Å²) in [6, 6.07) is 13.1. The predicted molar refractivity (Wildman–Crippen MR) is 85.5 cm³/mol. The highest BCUT2D eigenvalue weighted by atomic mass is 35.5. The van der Waals surface area contributed by atoms with Crippen LogP contribution in [0, 0.1) is 17.7 Å². The van der Waals surface area contributed by atoms with Crippen molar-refractivity contribution in [2.24, 2.45) is 7.05 Å². The van der Waals surface area contributed by atoms with Gasteiger partial charge in [-0.05, 0) is 36.3 Å². The molecule has 22 heavy (non-hydrogen) atoms. The van der Waals surface area contributed by atoms with Crippen LogP contribution in [0.25, 0.3) is 10.9 Å². The minimum atomic E-state index is -0.355. The third-order valence-corrected chi connectivity index (χ3v) is 3.87. The van der Waals surface area contributed by atoms with Crippen LogP contribution in [-0.4, -0.2) is 10.4 Å². The van der Waals surface area contributed by atoms with E-state index in [1.807, 2.05) is 24.3 Å². The highest BCUT2D eigenvalue weighted by Crippen LogP contribution is 2.29. The van der Waals surface area contributed by atoms with E-state index in [2.05, 4.69) is 11.8 Å². The molecule has 1 heterocycles. The summed E-state index contributed by atoms with van der Waals surface area (Å²) in [5.74, 6) is 4.61. The Morgan fingerprint density at radius 1 is 1.14 bits per heavy atom. The number of hydrogen-bond acceptors (Lipinski definition) is 1. The van der Waals surface area contributed by atoms with Crippen LogP contribution >= 0.6 is 11.6 Å². The number of para-hydroxylation sites is 1. The molecule has 0 saturated heterocycles. The van der Waals surface area contributed by atoms with Crippen LogP contribution in [0.1, 0.15) is 15.9 Å². The Morgan fingerprint density at radius 3 is 2.55 bits per heavy atom.